The van der Waals surface area contributed by atoms with Crippen molar-refractivity contribution in [2.24, 2.45) is 0 Å². The van der Waals surface area contributed by atoms with E-state index >= 15 is 0 Å². The Hall–Kier alpha value is -1.90. The summed E-state index contributed by atoms with van der Waals surface area (Å²) in [5.41, 5.74) is 2.71. The molecule has 0 saturated carbocycles. The molecule has 5 heteroatoms. The molecule has 1 aliphatic rings. The minimum Gasteiger partial charge on any atom is -0.384 e. The molecule has 2 heterocycles. The van der Waals surface area contributed by atoms with Gasteiger partial charge in [-0.25, -0.2) is 4.98 Å². The van der Waals surface area contributed by atoms with Crippen LogP contribution in [0.2, 0.25) is 0 Å². The normalized spacial score (nSPS) is 16.5. The molecule has 2 aromatic rings. The van der Waals surface area contributed by atoms with Gasteiger partial charge in [0.1, 0.15) is 11.8 Å². The zero-order chi connectivity index (χ0) is 16.1. The van der Waals surface area contributed by atoms with Crippen molar-refractivity contribution < 1.29 is 4.74 Å². The molecule has 1 N–H and O–H groups in total. The van der Waals surface area contributed by atoms with Crippen molar-refractivity contribution in [2.45, 2.75) is 18.3 Å². The van der Waals surface area contributed by atoms with Gasteiger partial charge in [-0.2, -0.15) is 5.26 Å². The van der Waals surface area contributed by atoms with Crippen LogP contribution >= 0.6 is 15.9 Å². The molecule has 0 spiro atoms. The Kier molecular flexibility index (Phi) is 4.94. The largest absolute Gasteiger partial charge is 0.384 e. The zero-order valence-electron chi connectivity index (χ0n) is 12.8. The Morgan fingerprint density at radius 2 is 2.09 bits per heavy atom. The van der Waals surface area contributed by atoms with Crippen LogP contribution in [-0.2, 0) is 10.2 Å². The Labute approximate surface area is 144 Å². The molecule has 1 aromatic carbocycles. The topological polar surface area (TPSA) is 57.9 Å². The zero-order valence-corrected chi connectivity index (χ0v) is 14.3. The van der Waals surface area contributed by atoms with Crippen LogP contribution in [0.15, 0.2) is 47.1 Å². The summed E-state index contributed by atoms with van der Waals surface area (Å²) in [6.45, 7) is 2.35. The predicted molar refractivity (Wildman–Crippen MR) is 93.3 cm³/mol. The van der Waals surface area contributed by atoms with Crippen molar-refractivity contribution in [3.05, 3.63) is 58.3 Å². The third-order valence-electron chi connectivity index (χ3n) is 4.39. The minimum absolute atomic E-state index is 0.0398. The number of nitrogens with zero attached hydrogens (tertiary/aromatic N) is 2. The molecule has 1 aliphatic heterocycles. The molecule has 0 radical (unpaired) electrons. The Balaban J connectivity index is 1.83. The molecule has 4 nitrogen and oxygen atoms in total. The van der Waals surface area contributed by atoms with Crippen LogP contribution < -0.4 is 5.32 Å². The van der Waals surface area contributed by atoms with Gasteiger partial charge in [0.05, 0.1) is 0 Å². The fourth-order valence-corrected chi connectivity index (χ4v) is 3.42. The number of benzene rings is 1. The average Bonchev–Trinajstić information content (AvgIpc) is 2.61. The first-order chi connectivity index (χ1) is 11.2. The van der Waals surface area contributed by atoms with Crippen molar-refractivity contribution in [2.75, 3.05) is 25.1 Å². The van der Waals surface area contributed by atoms with E-state index in [0.29, 0.717) is 5.69 Å². The van der Waals surface area contributed by atoms with Crippen molar-refractivity contribution in [3.8, 4) is 6.07 Å². The van der Waals surface area contributed by atoms with Gasteiger partial charge in [-0.05, 0) is 42.7 Å². The summed E-state index contributed by atoms with van der Waals surface area (Å²) in [6.07, 6.45) is 3.62. The van der Waals surface area contributed by atoms with Crippen LogP contribution in [0.25, 0.3) is 0 Å². The van der Waals surface area contributed by atoms with Crippen LogP contribution in [0, 0.1) is 11.3 Å². The number of anilines is 1. The first-order valence-electron chi connectivity index (χ1n) is 7.66. The number of halogens is 1. The maximum atomic E-state index is 8.98. The van der Waals surface area contributed by atoms with E-state index in [1.165, 1.54) is 5.56 Å². The number of nitriles is 1. The number of aromatic nitrogens is 1. The van der Waals surface area contributed by atoms with Gasteiger partial charge in [0, 0.05) is 41.5 Å². The van der Waals surface area contributed by atoms with Gasteiger partial charge in [0.15, 0.2) is 0 Å². The van der Waals surface area contributed by atoms with Crippen molar-refractivity contribution in [1.82, 2.24) is 4.98 Å². The highest BCUT2D eigenvalue weighted by molar-refractivity contribution is 9.10. The smallest absolute Gasteiger partial charge is 0.142 e. The highest BCUT2D eigenvalue weighted by Gasteiger charge is 2.34. The van der Waals surface area contributed by atoms with E-state index in [9.17, 15) is 0 Å². The molecule has 118 valence electrons. The molecule has 0 bridgehead atoms. The van der Waals surface area contributed by atoms with Crippen molar-refractivity contribution in [1.29, 1.82) is 5.26 Å². The standard InChI is InChI=1S/C18H18BrN3O/c19-15-3-1-2-14(10-15)18(5-8-23-9-6-18)13-22-16-4-7-21-17(11-16)12-20/h1-4,7,10-11H,5-6,8-9,13H2,(H,21,22). The van der Waals surface area contributed by atoms with Crippen molar-refractivity contribution in [3.63, 3.8) is 0 Å². The van der Waals surface area contributed by atoms with Gasteiger partial charge in [-0.15, -0.1) is 0 Å². The molecular formula is C18H18BrN3O. The monoisotopic (exact) mass is 371 g/mol. The number of nitrogens with one attached hydrogen (secondary N) is 1. The molecule has 1 fully saturated rings. The van der Waals surface area contributed by atoms with E-state index in [4.69, 9.17) is 10.00 Å². The molecule has 3 rings (SSSR count). The predicted octanol–water partition coefficient (Wildman–Crippen LogP) is 3.88. The maximum absolute atomic E-state index is 8.98. The second kappa shape index (κ2) is 7.12. The summed E-state index contributed by atoms with van der Waals surface area (Å²) in [6, 6.07) is 14.3. The van der Waals surface area contributed by atoms with Gasteiger partial charge in [0.25, 0.3) is 0 Å². The van der Waals surface area contributed by atoms with E-state index < -0.39 is 0 Å². The highest BCUT2D eigenvalue weighted by Crippen LogP contribution is 2.36. The minimum atomic E-state index is 0.0398. The molecule has 0 atom stereocenters. The second-order valence-corrected chi connectivity index (χ2v) is 6.71. The van der Waals surface area contributed by atoms with Crippen LogP contribution in [0.5, 0.6) is 0 Å². The van der Waals surface area contributed by atoms with Gasteiger partial charge in [-0.3, -0.25) is 0 Å². The first kappa shape index (κ1) is 16.0. The van der Waals surface area contributed by atoms with Gasteiger partial charge >= 0.3 is 0 Å². The van der Waals surface area contributed by atoms with Crippen LogP contribution in [0.3, 0.4) is 0 Å². The lowest BCUT2D eigenvalue weighted by Crippen LogP contribution is -2.40. The van der Waals surface area contributed by atoms with Gasteiger partial charge in [-0.1, -0.05) is 28.1 Å². The molecule has 1 aromatic heterocycles. The second-order valence-electron chi connectivity index (χ2n) is 5.80. The Morgan fingerprint density at radius 1 is 1.26 bits per heavy atom. The quantitative estimate of drug-likeness (QED) is 0.885. The summed E-state index contributed by atoms with van der Waals surface area (Å²) in [4.78, 5) is 4.01. The van der Waals surface area contributed by atoms with Gasteiger partial charge in [0.2, 0.25) is 0 Å². The van der Waals surface area contributed by atoms with Crippen molar-refractivity contribution >= 4 is 21.6 Å². The third kappa shape index (κ3) is 3.72. The number of rotatable bonds is 4. The van der Waals surface area contributed by atoms with Crippen LogP contribution in [-0.4, -0.2) is 24.7 Å². The lowest BCUT2D eigenvalue weighted by molar-refractivity contribution is 0.0544. The van der Waals surface area contributed by atoms with E-state index in [2.05, 4.69) is 50.5 Å². The molecular weight excluding hydrogens is 354 g/mol. The van der Waals surface area contributed by atoms with E-state index in [-0.39, 0.29) is 5.41 Å². The third-order valence-corrected chi connectivity index (χ3v) is 4.89. The summed E-state index contributed by atoms with van der Waals surface area (Å²) in [5, 5.41) is 12.5. The summed E-state index contributed by atoms with van der Waals surface area (Å²) < 4.78 is 6.67. The average molecular weight is 372 g/mol. The summed E-state index contributed by atoms with van der Waals surface area (Å²) in [5.74, 6) is 0. The van der Waals surface area contributed by atoms with Gasteiger partial charge < -0.3 is 10.1 Å². The molecule has 23 heavy (non-hydrogen) atoms. The molecule has 1 saturated heterocycles. The highest BCUT2D eigenvalue weighted by atomic mass is 79.9. The first-order valence-corrected chi connectivity index (χ1v) is 8.45. The van der Waals surface area contributed by atoms with Crippen LogP contribution in [0.1, 0.15) is 24.1 Å². The SMILES string of the molecule is N#Cc1cc(NCC2(c3cccc(Br)c3)CCOCC2)ccn1. The molecule has 0 amide bonds. The fraction of sp³-hybridized carbons (Fsp3) is 0.333. The fourth-order valence-electron chi connectivity index (χ4n) is 3.02. The van der Waals surface area contributed by atoms with E-state index in [0.717, 1.165) is 42.8 Å². The summed E-state index contributed by atoms with van der Waals surface area (Å²) >= 11 is 3.57. The molecule has 0 unspecified atom stereocenters. The lowest BCUT2D eigenvalue weighted by atomic mass is 9.74. The number of hydrogen-bond donors (Lipinski definition) is 1. The van der Waals surface area contributed by atoms with E-state index in [1.54, 1.807) is 12.3 Å². The molecule has 0 aliphatic carbocycles. The maximum Gasteiger partial charge on any atom is 0.142 e. The summed E-state index contributed by atoms with van der Waals surface area (Å²) in [7, 11) is 0. The number of pyridine rings is 1. The lowest BCUT2D eigenvalue weighted by Gasteiger charge is -2.38. The van der Waals surface area contributed by atoms with E-state index in [1.807, 2.05) is 12.1 Å². The van der Waals surface area contributed by atoms with Crippen LogP contribution in [0.4, 0.5) is 5.69 Å². The Bertz CT molecular complexity index is 720. The Morgan fingerprint density at radius 3 is 2.83 bits per heavy atom. The number of ether oxygens (including phenoxy) is 1. The number of hydrogen-bond acceptors (Lipinski definition) is 4.